The summed E-state index contributed by atoms with van der Waals surface area (Å²) < 4.78 is 0. The molecule has 3 atom stereocenters. The predicted octanol–water partition coefficient (Wildman–Crippen LogP) is 0.260. The van der Waals surface area contributed by atoms with Crippen LogP contribution < -0.4 is 17.2 Å². The molecule has 0 aliphatic carbocycles. The molecule has 0 amide bonds. The van der Waals surface area contributed by atoms with E-state index < -0.39 is 36.0 Å². The van der Waals surface area contributed by atoms with E-state index in [0.29, 0.717) is 6.42 Å². The molecule has 150 valence electrons. The van der Waals surface area contributed by atoms with Crippen molar-refractivity contribution in [1.29, 1.82) is 0 Å². The van der Waals surface area contributed by atoms with Gasteiger partial charge in [-0.3, -0.25) is 14.4 Å². The Hall–Kier alpha value is -1.36. The second-order valence-corrected chi connectivity index (χ2v) is 6.93. The van der Waals surface area contributed by atoms with E-state index in [0.717, 1.165) is 5.75 Å². The Morgan fingerprint density at radius 1 is 0.800 bits per heavy atom. The van der Waals surface area contributed by atoms with Crippen LogP contribution in [0.25, 0.3) is 0 Å². The van der Waals surface area contributed by atoms with Crippen LogP contribution >= 0.6 is 11.8 Å². The number of rotatable bonds is 8. The van der Waals surface area contributed by atoms with Gasteiger partial charge in [0, 0.05) is 0 Å². The van der Waals surface area contributed by atoms with Crippen LogP contribution in [-0.4, -0.2) is 63.4 Å². The lowest BCUT2D eigenvalue weighted by Gasteiger charge is -2.07. The summed E-state index contributed by atoms with van der Waals surface area (Å²) in [7, 11) is 0. The lowest BCUT2D eigenvalue weighted by Crippen LogP contribution is -2.34. The molecule has 9 N–H and O–H groups in total. The van der Waals surface area contributed by atoms with Crippen LogP contribution in [0.15, 0.2) is 0 Å². The summed E-state index contributed by atoms with van der Waals surface area (Å²) in [6.07, 6.45) is 2.48. The molecule has 9 nitrogen and oxygen atoms in total. The van der Waals surface area contributed by atoms with Gasteiger partial charge in [-0.1, -0.05) is 27.7 Å². The largest absolute Gasteiger partial charge is 0.480 e. The first-order valence-electron chi connectivity index (χ1n) is 7.73. The number of carboxylic acid groups (broad SMARTS) is 3. The fourth-order valence-corrected chi connectivity index (χ4v) is 1.43. The number of aliphatic carboxylic acids is 3. The molecule has 0 rings (SSSR count). The molecule has 2 unspecified atom stereocenters. The smallest absolute Gasteiger partial charge is 0.320 e. The van der Waals surface area contributed by atoms with Gasteiger partial charge in [-0.05, 0) is 30.3 Å². The predicted molar refractivity (Wildman–Crippen MR) is 99.5 cm³/mol. The number of carboxylic acids is 3. The highest BCUT2D eigenvalue weighted by atomic mass is 32.2. The van der Waals surface area contributed by atoms with E-state index in [1.807, 2.05) is 6.26 Å². The summed E-state index contributed by atoms with van der Waals surface area (Å²) in [5, 5.41) is 24.7. The Morgan fingerprint density at radius 3 is 1.24 bits per heavy atom. The average molecular weight is 384 g/mol. The van der Waals surface area contributed by atoms with Crippen molar-refractivity contribution in [1.82, 2.24) is 0 Å². The van der Waals surface area contributed by atoms with Crippen LogP contribution in [0.4, 0.5) is 0 Å². The molecule has 0 spiro atoms. The van der Waals surface area contributed by atoms with Crippen molar-refractivity contribution in [3.8, 4) is 0 Å². The van der Waals surface area contributed by atoms with Gasteiger partial charge in [0.05, 0.1) is 0 Å². The number of nitrogens with two attached hydrogens (primary N) is 3. The molecule has 0 aliphatic heterocycles. The minimum absolute atomic E-state index is 0.0208. The summed E-state index contributed by atoms with van der Waals surface area (Å²) >= 11 is 1.60. The molecule has 0 saturated heterocycles. The van der Waals surface area contributed by atoms with Crippen LogP contribution in [0, 0.1) is 11.8 Å². The molecule has 25 heavy (non-hydrogen) atoms. The molecule has 10 heteroatoms. The van der Waals surface area contributed by atoms with E-state index in [1.165, 1.54) is 0 Å². The van der Waals surface area contributed by atoms with Crippen molar-refractivity contribution in [3.05, 3.63) is 0 Å². The van der Waals surface area contributed by atoms with Crippen LogP contribution in [0.3, 0.4) is 0 Å². The van der Waals surface area contributed by atoms with E-state index in [4.69, 9.17) is 32.5 Å². The molecule has 0 aromatic heterocycles. The Morgan fingerprint density at radius 2 is 1.12 bits per heavy atom. The maximum atomic E-state index is 10.1. The topological polar surface area (TPSA) is 190 Å². The van der Waals surface area contributed by atoms with Gasteiger partial charge in [0.2, 0.25) is 0 Å². The number of carbonyl (C=O) groups is 3. The van der Waals surface area contributed by atoms with Crippen LogP contribution in [0.1, 0.15) is 34.1 Å². The molecule has 0 radical (unpaired) electrons. The van der Waals surface area contributed by atoms with Crippen molar-refractivity contribution < 1.29 is 29.7 Å². The van der Waals surface area contributed by atoms with Crippen LogP contribution in [0.5, 0.6) is 0 Å². The highest BCUT2D eigenvalue weighted by molar-refractivity contribution is 7.98. The third-order valence-corrected chi connectivity index (χ3v) is 3.60. The third kappa shape index (κ3) is 18.8. The zero-order valence-corrected chi connectivity index (χ0v) is 16.3. The van der Waals surface area contributed by atoms with E-state index in [2.05, 4.69) is 0 Å². The maximum absolute atomic E-state index is 10.1. The molecular formula is C15H33N3O6S. The van der Waals surface area contributed by atoms with E-state index in [9.17, 15) is 14.4 Å². The molecule has 0 aromatic carbocycles. The summed E-state index contributed by atoms with van der Waals surface area (Å²) in [5.41, 5.74) is 15.5. The fourth-order valence-electron chi connectivity index (χ4n) is 0.939. The van der Waals surface area contributed by atoms with Gasteiger partial charge >= 0.3 is 17.9 Å². The average Bonchev–Trinajstić information content (AvgIpc) is 2.51. The SMILES string of the molecule is CC(C)C(N)C(=O)O.CC(C)[C@H](N)C(=O)O.CSCCC(N)C(=O)O. The second-order valence-electron chi connectivity index (χ2n) is 5.94. The fraction of sp³-hybridized carbons (Fsp3) is 0.800. The molecule has 0 aromatic rings. The van der Waals surface area contributed by atoms with Gasteiger partial charge in [0.1, 0.15) is 18.1 Å². The van der Waals surface area contributed by atoms with Crippen molar-refractivity contribution in [2.45, 2.75) is 52.2 Å². The quantitative estimate of drug-likeness (QED) is 0.339. The first kappa shape index (κ1) is 28.4. The van der Waals surface area contributed by atoms with Gasteiger partial charge in [-0.25, -0.2) is 0 Å². The third-order valence-electron chi connectivity index (χ3n) is 2.96. The lowest BCUT2D eigenvalue weighted by molar-refractivity contribution is -0.140. The first-order valence-corrected chi connectivity index (χ1v) is 9.12. The van der Waals surface area contributed by atoms with E-state index in [1.54, 1.807) is 39.5 Å². The van der Waals surface area contributed by atoms with Crippen LogP contribution in [0.2, 0.25) is 0 Å². The zero-order chi connectivity index (χ0) is 20.7. The normalized spacial score (nSPS) is 13.7. The minimum atomic E-state index is -0.931. The molecule has 0 heterocycles. The molecule has 0 aliphatic rings. The van der Waals surface area contributed by atoms with Gasteiger partial charge in [-0.2, -0.15) is 11.8 Å². The molecule has 0 saturated carbocycles. The maximum Gasteiger partial charge on any atom is 0.320 e. The van der Waals surface area contributed by atoms with Gasteiger partial charge in [-0.15, -0.1) is 0 Å². The molecule has 0 fully saturated rings. The molecule has 0 bridgehead atoms. The Balaban J connectivity index is -0.000000291. The minimum Gasteiger partial charge on any atom is -0.480 e. The van der Waals surface area contributed by atoms with E-state index >= 15 is 0 Å². The lowest BCUT2D eigenvalue weighted by atomic mass is 10.1. The van der Waals surface area contributed by atoms with Crippen molar-refractivity contribution in [2.24, 2.45) is 29.0 Å². The Labute approximate surface area is 153 Å². The summed E-state index contributed by atoms with van der Waals surface area (Å²) in [6, 6.07) is -2.11. The van der Waals surface area contributed by atoms with Gasteiger partial charge < -0.3 is 32.5 Å². The summed E-state index contributed by atoms with van der Waals surface area (Å²) in [4.78, 5) is 30.1. The first-order chi connectivity index (χ1) is 11.3. The van der Waals surface area contributed by atoms with Crippen molar-refractivity contribution in [2.75, 3.05) is 12.0 Å². The Kier molecular flexibility index (Phi) is 18.3. The highest BCUT2D eigenvalue weighted by Crippen LogP contribution is 1.98. The monoisotopic (exact) mass is 383 g/mol. The van der Waals surface area contributed by atoms with Crippen molar-refractivity contribution in [3.63, 3.8) is 0 Å². The van der Waals surface area contributed by atoms with Crippen molar-refractivity contribution >= 4 is 29.7 Å². The summed E-state index contributed by atoms with van der Waals surface area (Å²) in [6.45, 7) is 7.11. The molecular weight excluding hydrogens is 350 g/mol. The number of hydrogen-bond acceptors (Lipinski definition) is 7. The second kappa shape index (κ2) is 16.1. The number of hydrogen-bond donors (Lipinski definition) is 6. The van der Waals surface area contributed by atoms with E-state index in [-0.39, 0.29) is 11.8 Å². The Bertz CT molecular complexity index is 369. The van der Waals surface area contributed by atoms with Crippen LogP contribution in [-0.2, 0) is 14.4 Å². The standard InChI is InChI=1S/C5H11NO2S.2C5H11NO2/c1-9-3-2-4(6)5(7)8;2*1-3(2)4(6)5(7)8/h4H,2-3,6H2,1H3,(H,7,8);2*3-4H,6H2,1-2H3,(H,7,8)/t;4-;/m.0./s1. The number of thioether (sulfide) groups is 1. The summed E-state index contributed by atoms with van der Waals surface area (Å²) in [5.74, 6) is -1.92. The zero-order valence-electron chi connectivity index (χ0n) is 15.5. The highest BCUT2D eigenvalue weighted by Gasteiger charge is 2.15. The van der Waals surface area contributed by atoms with Gasteiger partial charge in [0.25, 0.3) is 0 Å². The van der Waals surface area contributed by atoms with Gasteiger partial charge in [0.15, 0.2) is 0 Å².